The van der Waals surface area contributed by atoms with E-state index in [0.717, 1.165) is 42.5 Å². The number of imidazole rings is 1. The van der Waals surface area contributed by atoms with Crippen molar-refractivity contribution in [1.82, 2.24) is 29.7 Å². The number of aromatic nitrogens is 4. The molecule has 0 unspecified atom stereocenters. The summed E-state index contributed by atoms with van der Waals surface area (Å²) >= 11 is 0. The second kappa shape index (κ2) is 7.20. The number of nitrogens with one attached hydrogen (secondary N) is 2. The monoisotopic (exact) mass is 380 g/mol. The molecule has 1 amide bonds. The number of pyridine rings is 1. The zero-order chi connectivity index (χ0) is 19.1. The third-order valence-corrected chi connectivity index (χ3v) is 6.62. The van der Waals surface area contributed by atoms with Crippen LogP contribution in [-0.4, -0.2) is 55.5 Å². The number of H-pyrrole nitrogens is 1. The fourth-order valence-electron chi connectivity index (χ4n) is 5.02. The highest BCUT2D eigenvalue weighted by Gasteiger charge is 2.27. The van der Waals surface area contributed by atoms with E-state index in [1.54, 1.807) is 6.92 Å². The first-order chi connectivity index (χ1) is 13.7. The third kappa shape index (κ3) is 3.17. The summed E-state index contributed by atoms with van der Waals surface area (Å²) in [5, 5.41) is 5.03. The molecule has 148 valence electrons. The summed E-state index contributed by atoms with van der Waals surface area (Å²) in [7, 11) is 0. The van der Waals surface area contributed by atoms with Gasteiger partial charge in [-0.3, -0.25) is 4.79 Å². The van der Waals surface area contributed by atoms with Gasteiger partial charge in [-0.1, -0.05) is 0 Å². The van der Waals surface area contributed by atoms with Crippen molar-refractivity contribution in [3.63, 3.8) is 0 Å². The van der Waals surface area contributed by atoms with Crippen LogP contribution in [0.25, 0.3) is 22.1 Å². The highest BCUT2D eigenvalue weighted by atomic mass is 16.2. The van der Waals surface area contributed by atoms with Crippen LogP contribution in [-0.2, 0) is 4.79 Å². The van der Waals surface area contributed by atoms with Gasteiger partial charge in [-0.05, 0) is 44.6 Å². The van der Waals surface area contributed by atoms with Gasteiger partial charge in [0.15, 0.2) is 0 Å². The second-order valence-corrected chi connectivity index (χ2v) is 8.34. The normalized spacial score (nSPS) is 24.2. The number of carbonyl (C=O) groups excluding carboxylic acids is 1. The molecule has 7 nitrogen and oxygen atoms in total. The predicted molar refractivity (Wildman–Crippen MR) is 109 cm³/mol. The van der Waals surface area contributed by atoms with Crippen molar-refractivity contribution in [2.45, 2.75) is 63.6 Å². The number of likely N-dealkylation sites (tertiary alicyclic amines) is 1. The molecule has 1 saturated carbocycles. The first-order valence-corrected chi connectivity index (χ1v) is 10.5. The van der Waals surface area contributed by atoms with Crippen LogP contribution in [0.15, 0.2) is 24.8 Å². The van der Waals surface area contributed by atoms with Gasteiger partial charge in [0.2, 0.25) is 5.91 Å². The molecule has 1 saturated heterocycles. The zero-order valence-electron chi connectivity index (χ0n) is 16.4. The largest absolute Gasteiger partial charge is 0.346 e. The molecule has 28 heavy (non-hydrogen) atoms. The van der Waals surface area contributed by atoms with Crippen LogP contribution in [0, 0.1) is 0 Å². The molecule has 3 aromatic rings. The van der Waals surface area contributed by atoms with E-state index in [-0.39, 0.29) is 5.91 Å². The molecule has 0 atom stereocenters. The van der Waals surface area contributed by atoms with Crippen molar-refractivity contribution in [1.29, 1.82) is 0 Å². The van der Waals surface area contributed by atoms with Gasteiger partial charge in [-0.2, -0.15) is 0 Å². The average Bonchev–Trinajstić information content (AvgIpc) is 3.35. The lowest BCUT2D eigenvalue weighted by Crippen LogP contribution is -2.48. The fourth-order valence-corrected chi connectivity index (χ4v) is 5.02. The Morgan fingerprint density at radius 2 is 1.86 bits per heavy atom. The lowest BCUT2D eigenvalue weighted by molar-refractivity contribution is -0.129. The maximum atomic E-state index is 11.5. The van der Waals surface area contributed by atoms with Crippen molar-refractivity contribution >= 4 is 28.0 Å². The topological polar surface area (TPSA) is 78.8 Å². The van der Waals surface area contributed by atoms with Crippen molar-refractivity contribution in [3.05, 3.63) is 24.8 Å². The van der Waals surface area contributed by atoms with Crippen LogP contribution in [0.3, 0.4) is 0 Å². The smallest absolute Gasteiger partial charge is 0.219 e. The van der Waals surface area contributed by atoms with E-state index in [1.165, 1.54) is 31.2 Å². The maximum absolute atomic E-state index is 11.5. The molecule has 2 fully saturated rings. The first-order valence-electron chi connectivity index (χ1n) is 10.5. The van der Waals surface area contributed by atoms with Crippen LogP contribution in [0.1, 0.15) is 51.5 Å². The van der Waals surface area contributed by atoms with Gasteiger partial charge in [0.25, 0.3) is 0 Å². The van der Waals surface area contributed by atoms with Crippen molar-refractivity contribution < 1.29 is 4.79 Å². The molecule has 0 spiro atoms. The molecule has 0 bridgehead atoms. The second-order valence-electron chi connectivity index (χ2n) is 8.34. The summed E-state index contributed by atoms with van der Waals surface area (Å²) in [6.07, 6.45) is 12.7. The van der Waals surface area contributed by atoms with Crippen LogP contribution in [0.5, 0.6) is 0 Å². The summed E-state index contributed by atoms with van der Waals surface area (Å²) in [6.45, 7) is 3.46. The molecule has 1 aliphatic carbocycles. The lowest BCUT2D eigenvalue weighted by atomic mass is 9.89. The van der Waals surface area contributed by atoms with Gasteiger partial charge >= 0.3 is 0 Å². The lowest BCUT2D eigenvalue weighted by Gasteiger charge is -2.36. The molecule has 0 radical (unpaired) electrons. The molecule has 1 aliphatic heterocycles. The Morgan fingerprint density at radius 1 is 1.11 bits per heavy atom. The zero-order valence-corrected chi connectivity index (χ0v) is 16.4. The number of hydrogen-bond donors (Lipinski definition) is 2. The molecule has 5 rings (SSSR count). The van der Waals surface area contributed by atoms with Gasteiger partial charge in [0.05, 0.1) is 18.0 Å². The van der Waals surface area contributed by atoms with Crippen LogP contribution in [0.4, 0.5) is 0 Å². The Morgan fingerprint density at radius 3 is 2.61 bits per heavy atom. The van der Waals surface area contributed by atoms with Crippen molar-refractivity contribution in [3.8, 4) is 0 Å². The molecular formula is C21H28N6O. The Labute approximate surface area is 164 Å². The Balaban J connectivity index is 1.23. The average molecular weight is 380 g/mol. The first kappa shape index (κ1) is 17.7. The van der Waals surface area contributed by atoms with Gasteiger partial charge in [0.1, 0.15) is 11.2 Å². The molecule has 3 aromatic heterocycles. The molecule has 2 N–H and O–H groups in total. The van der Waals surface area contributed by atoms with Crippen LogP contribution < -0.4 is 5.32 Å². The molecule has 4 heterocycles. The van der Waals surface area contributed by atoms with Crippen molar-refractivity contribution in [2.75, 3.05) is 13.1 Å². The van der Waals surface area contributed by atoms with Gasteiger partial charge < -0.3 is 19.8 Å². The van der Waals surface area contributed by atoms with Gasteiger partial charge in [-0.15, -0.1) is 0 Å². The van der Waals surface area contributed by atoms with E-state index in [1.807, 2.05) is 23.6 Å². The summed E-state index contributed by atoms with van der Waals surface area (Å²) < 4.78 is 2.37. The van der Waals surface area contributed by atoms with E-state index >= 15 is 0 Å². The Bertz CT molecular complexity index is 975. The quantitative estimate of drug-likeness (QED) is 0.732. The van der Waals surface area contributed by atoms with Gasteiger partial charge in [-0.25, -0.2) is 9.97 Å². The molecule has 0 aromatic carbocycles. The standard InChI is InChI=1S/C21H28N6O/c1-14(28)26-10-7-16(8-11-26)25-15-2-4-17(5-3-15)27-13-24-19-12-23-21-18(20(19)27)6-9-22-21/h6,9,12-13,15-17,25H,2-5,7-8,10-11H2,1H3,(H,22,23). The van der Waals surface area contributed by atoms with E-state index < -0.39 is 0 Å². The van der Waals surface area contributed by atoms with E-state index in [9.17, 15) is 4.79 Å². The summed E-state index contributed by atoms with van der Waals surface area (Å²) in [6, 6.07) is 3.75. The third-order valence-electron chi connectivity index (χ3n) is 6.62. The molecule has 2 aliphatic rings. The number of nitrogens with zero attached hydrogens (tertiary/aromatic N) is 4. The van der Waals surface area contributed by atoms with Crippen LogP contribution in [0.2, 0.25) is 0 Å². The maximum Gasteiger partial charge on any atom is 0.219 e. The number of amides is 1. The minimum absolute atomic E-state index is 0.207. The summed E-state index contributed by atoms with van der Waals surface area (Å²) in [4.78, 5) is 25.7. The molecule has 7 heteroatoms. The summed E-state index contributed by atoms with van der Waals surface area (Å²) in [5.74, 6) is 0.207. The van der Waals surface area contributed by atoms with E-state index in [0.29, 0.717) is 18.1 Å². The predicted octanol–water partition coefficient (Wildman–Crippen LogP) is 3.00. The number of carbonyl (C=O) groups is 1. The fraction of sp³-hybridized carbons (Fsp3) is 0.571. The van der Waals surface area contributed by atoms with Crippen LogP contribution >= 0.6 is 0 Å². The number of piperidine rings is 1. The SMILES string of the molecule is CC(=O)N1CCC(NC2CCC(n3cnc4cnc5[nH]ccc5c43)CC2)CC1. The minimum Gasteiger partial charge on any atom is -0.346 e. The number of rotatable bonds is 3. The Kier molecular flexibility index (Phi) is 4.55. The summed E-state index contributed by atoms with van der Waals surface area (Å²) in [5.41, 5.74) is 3.12. The molecular weight excluding hydrogens is 352 g/mol. The number of hydrogen-bond acceptors (Lipinski definition) is 4. The number of fused-ring (bicyclic) bond motifs is 3. The minimum atomic E-state index is 0.207. The van der Waals surface area contributed by atoms with Crippen molar-refractivity contribution in [2.24, 2.45) is 0 Å². The highest BCUT2D eigenvalue weighted by Crippen LogP contribution is 2.33. The highest BCUT2D eigenvalue weighted by molar-refractivity contribution is 6.00. The number of aromatic amines is 1. The van der Waals surface area contributed by atoms with E-state index in [2.05, 4.69) is 30.9 Å². The van der Waals surface area contributed by atoms with Gasteiger partial charge in [0, 0.05) is 49.7 Å². The Hall–Kier alpha value is -2.41. The van der Waals surface area contributed by atoms with E-state index in [4.69, 9.17) is 0 Å².